The van der Waals surface area contributed by atoms with Crippen molar-refractivity contribution in [1.82, 2.24) is 19.2 Å². The molecule has 124 valence electrons. The van der Waals surface area contributed by atoms with E-state index in [4.69, 9.17) is 0 Å². The lowest BCUT2D eigenvalue weighted by Gasteiger charge is -2.18. The Morgan fingerprint density at radius 2 is 2.04 bits per heavy atom. The average molecular weight is 328 g/mol. The number of aromatic nitrogens is 4. The number of hydrogen-bond donors (Lipinski definition) is 1. The quantitative estimate of drug-likeness (QED) is 0.584. The summed E-state index contributed by atoms with van der Waals surface area (Å²) in [5.41, 5.74) is -0.750. The van der Waals surface area contributed by atoms with E-state index in [1.165, 1.54) is 12.4 Å². The Morgan fingerprint density at radius 3 is 2.67 bits per heavy atom. The van der Waals surface area contributed by atoms with Gasteiger partial charge in [-0.3, -0.25) is 24.0 Å². The Balaban J connectivity index is 2.12. The summed E-state index contributed by atoms with van der Waals surface area (Å²) in [7, 11) is 0. The fraction of sp³-hybridized carbons (Fsp3) is 0.267. The van der Waals surface area contributed by atoms with E-state index < -0.39 is 16.2 Å². The fourth-order valence-electron chi connectivity index (χ4n) is 2.22. The molecule has 9 nitrogen and oxygen atoms in total. The molecule has 0 aliphatic carbocycles. The summed E-state index contributed by atoms with van der Waals surface area (Å²) >= 11 is 0. The van der Waals surface area contributed by atoms with Gasteiger partial charge >= 0.3 is 11.2 Å². The molecule has 0 spiro atoms. The van der Waals surface area contributed by atoms with Crippen molar-refractivity contribution in [2.45, 2.75) is 26.3 Å². The van der Waals surface area contributed by atoms with E-state index in [-0.39, 0.29) is 11.4 Å². The summed E-state index contributed by atoms with van der Waals surface area (Å²) in [6, 6.07) is 4.92. The van der Waals surface area contributed by atoms with E-state index >= 15 is 0 Å². The Hall–Kier alpha value is -3.23. The van der Waals surface area contributed by atoms with Crippen LogP contribution >= 0.6 is 0 Å². The van der Waals surface area contributed by atoms with E-state index in [2.05, 4.69) is 15.4 Å². The maximum atomic E-state index is 12.4. The molecule has 0 bridgehead atoms. The highest BCUT2D eigenvalue weighted by molar-refractivity contribution is 5.66. The zero-order chi connectivity index (χ0) is 17.5. The fourth-order valence-corrected chi connectivity index (χ4v) is 2.22. The first-order valence-electron chi connectivity index (χ1n) is 7.25. The van der Waals surface area contributed by atoms with Crippen molar-refractivity contribution in [2.75, 3.05) is 5.32 Å². The second-order valence-corrected chi connectivity index (χ2v) is 6.27. The van der Waals surface area contributed by atoms with Gasteiger partial charge in [-0.05, 0) is 32.9 Å². The maximum absolute atomic E-state index is 12.4. The Morgan fingerprint density at radius 1 is 1.29 bits per heavy atom. The Kier molecular flexibility index (Phi) is 3.55. The van der Waals surface area contributed by atoms with Gasteiger partial charge in [0.15, 0.2) is 0 Å². The minimum atomic E-state index is -0.740. The molecule has 0 unspecified atom stereocenters. The average Bonchev–Trinajstić information content (AvgIpc) is 2.96. The van der Waals surface area contributed by atoms with E-state index in [9.17, 15) is 14.9 Å². The maximum Gasteiger partial charge on any atom is 0.376 e. The zero-order valence-electron chi connectivity index (χ0n) is 13.4. The predicted octanol–water partition coefficient (Wildman–Crippen LogP) is 2.30. The third-order valence-corrected chi connectivity index (χ3v) is 3.43. The summed E-state index contributed by atoms with van der Waals surface area (Å²) in [4.78, 5) is 27.2. The molecule has 3 rings (SSSR count). The van der Waals surface area contributed by atoms with Gasteiger partial charge in [0.25, 0.3) is 0 Å². The summed E-state index contributed by atoms with van der Waals surface area (Å²) in [6.07, 6.45) is 4.68. The van der Waals surface area contributed by atoms with Crippen LogP contribution in [0.2, 0.25) is 0 Å². The van der Waals surface area contributed by atoms with Gasteiger partial charge in [0.05, 0.1) is 22.3 Å². The standard InChI is InChI=1S/C15H16N6O3/c1-15(2,3)20-9-10(8-16-20)17-13-12(21(23)24)14(22)19-7-5-4-6-11(19)18-13/h4-9,17H,1-3H3. The van der Waals surface area contributed by atoms with Crippen LogP contribution in [0.5, 0.6) is 0 Å². The topological polar surface area (TPSA) is 107 Å². The van der Waals surface area contributed by atoms with Crippen LogP contribution in [0.25, 0.3) is 5.65 Å². The van der Waals surface area contributed by atoms with Crippen LogP contribution in [0.3, 0.4) is 0 Å². The smallest absolute Gasteiger partial charge is 0.332 e. The minimum Gasteiger partial charge on any atom is -0.332 e. The van der Waals surface area contributed by atoms with Gasteiger partial charge in [-0.2, -0.15) is 5.10 Å². The van der Waals surface area contributed by atoms with Gasteiger partial charge in [-0.1, -0.05) is 6.07 Å². The number of rotatable bonds is 3. The highest BCUT2D eigenvalue weighted by Crippen LogP contribution is 2.24. The van der Waals surface area contributed by atoms with Crippen molar-refractivity contribution in [3.05, 3.63) is 57.3 Å². The predicted molar refractivity (Wildman–Crippen MR) is 88.6 cm³/mol. The molecule has 9 heteroatoms. The molecule has 3 heterocycles. The van der Waals surface area contributed by atoms with Crippen molar-refractivity contribution < 1.29 is 4.92 Å². The number of pyridine rings is 1. The van der Waals surface area contributed by atoms with Gasteiger partial charge in [0, 0.05) is 12.4 Å². The molecule has 0 atom stereocenters. The van der Waals surface area contributed by atoms with Gasteiger partial charge in [-0.25, -0.2) is 4.98 Å². The molecule has 0 aromatic carbocycles. The highest BCUT2D eigenvalue weighted by Gasteiger charge is 2.24. The van der Waals surface area contributed by atoms with E-state index in [1.54, 1.807) is 29.1 Å². The van der Waals surface area contributed by atoms with Gasteiger partial charge < -0.3 is 5.32 Å². The van der Waals surface area contributed by atoms with Crippen LogP contribution in [-0.2, 0) is 5.54 Å². The van der Waals surface area contributed by atoms with Gasteiger partial charge in [-0.15, -0.1) is 0 Å². The van der Waals surface area contributed by atoms with Crippen LogP contribution in [0.4, 0.5) is 17.2 Å². The molecule has 0 fully saturated rings. The lowest BCUT2D eigenvalue weighted by Crippen LogP contribution is -2.22. The molecule has 0 saturated heterocycles. The van der Waals surface area contributed by atoms with Crippen LogP contribution in [-0.4, -0.2) is 24.1 Å². The molecule has 0 radical (unpaired) electrons. The molecular formula is C15H16N6O3. The van der Waals surface area contributed by atoms with E-state index in [1.807, 2.05) is 20.8 Å². The van der Waals surface area contributed by atoms with E-state index in [0.29, 0.717) is 11.3 Å². The molecule has 3 aromatic rings. The van der Waals surface area contributed by atoms with Gasteiger partial charge in [0.1, 0.15) is 5.65 Å². The first-order valence-corrected chi connectivity index (χ1v) is 7.25. The van der Waals surface area contributed by atoms with Crippen LogP contribution < -0.4 is 10.9 Å². The second kappa shape index (κ2) is 5.44. The molecule has 0 aliphatic heterocycles. The number of nitrogens with zero attached hydrogens (tertiary/aromatic N) is 5. The number of hydrogen-bond acceptors (Lipinski definition) is 6. The molecule has 0 aliphatic rings. The highest BCUT2D eigenvalue weighted by atomic mass is 16.6. The SMILES string of the molecule is CC(C)(C)n1cc(Nc2nc3ccccn3c(=O)c2[N+](=O)[O-])cn1. The van der Waals surface area contributed by atoms with Crippen molar-refractivity contribution >= 4 is 22.8 Å². The number of anilines is 2. The first kappa shape index (κ1) is 15.7. The minimum absolute atomic E-state index is 0.107. The summed E-state index contributed by atoms with van der Waals surface area (Å²) < 4.78 is 2.86. The van der Waals surface area contributed by atoms with Crippen LogP contribution in [0.15, 0.2) is 41.6 Å². The first-order chi connectivity index (χ1) is 11.3. The van der Waals surface area contributed by atoms with Crippen molar-refractivity contribution in [1.29, 1.82) is 0 Å². The lowest BCUT2D eigenvalue weighted by atomic mass is 10.1. The normalized spacial score (nSPS) is 11.6. The van der Waals surface area contributed by atoms with Crippen molar-refractivity contribution in [2.24, 2.45) is 0 Å². The number of nitrogens with one attached hydrogen (secondary N) is 1. The summed E-state index contributed by atoms with van der Waals surface area (Å²) in [6.45, 7) is 5.94. The molecule has 0 amide bonds. The Labute approximate surface area is 136 Å². The third-order valence-electron chi connectivity index (χ3n) is 3.43. The monoisotopic (exact) mass is 328 g/mol. The molecule has 1 N–H and O–H groups in total. The van der Waals surface area contributed by atoms with Crippen LogP contribution in [0.1, 0.15) is 20.8 Å². The molecule has 0 saturated carbocycles. The summed E-state index contributed by atoms with van der Waals surface area (Å²) in [5, 5.41) is 18.4. The lowest BCUT2D eigenvalue weighted by molar-refractivity contribution is -0.385. The third kappa shape index (κ3) is 2.71. The van der Waals surface area contributed by atoms with Gasteiger partial charge in [0.2, 0.25) is 5.82 Å². The molecule has 3 aromatic heterocycles. The van der Waals surface area contributed by atoms with E-state index in [0.717, 1.165) is 4.40 Å². The van der Waals surface area contributed by atoms with Crippen LogP contribution in [0, 0.1) is 10.1 Å². The number of nitro groups is 1. The summed E-state index contributed by atoms with van der Waals surface area (Å²) in [5.74, 6) is -0.107. The number of fused-ring (bicyclic) bond motifs is 1. The largest absolute Gasteiger partial charge is 0.376 e. The van der Waals surface area contributed by atoms with Crippen molar-refractivity contribution in [3.8, 4) is 0 Å². The zero-order valence-corrected chi connectivity index (χ0v) is 13.4. The molecule has 24 heavy (non-hydrogen) atoms. The van der Waals surface area contributed by atoms with Crippen molar-refractivity contribution in [3.63, 3.8) is 0 Å². The molecular weight excluding hydrogens is 312 g/mol. The Bertz CT molecular complexity index is 983. The second-order valence-electron chi connectivity index (χ2n) is 6.27.